The van der Waals surface area contributed by atoms with Gasteiger partial charge in [-0.15, -0.1) is 0 Å². The topological polar surface area (TPSA) is 64.1 Å². The normalized spacial score (nSPS) is 12.0. The van der Waals surface area contributed by atoms with Crippen molar-refractivity contribution in [3.63, 3.8) is 0 Å². The fraction of sp³-hybridized carbons (Fsp3) is 0.353. The number of carbonyl (C=O) groups is 1. The van der Waals surface area contributed by atoms with E-state index in [-0.39, 0.29) is 17.7 Å². The van der Waals surface area contributed by atoms with E-state index in [2.05, 4.69) is 15.3 Å². The zero-order chi connectivity index (χ0) is 19.5. The Kier molecular flexibility index (Phi) is 5.48. The van der Waals surface area contributed by atoms with Gasteiger partial charge in [0, 0.05) is 30.1 Å². The highest BCUT2D eigenvalue weighted by Gasteiger charge is 2.34. The molecule has 140 valence electrons. The lowest BCUT2D eigenvalue weighted by Gasteiger charge is -2.19. The van der Waals surface area contributed by atoms with E-state index in [1.54, 1.807) is 20.8 Å². The number of rotatable bonds is 3. The summed E-state index contributed by atoms with van der Waals surface area (Å²) in [4.78, 5) is 18.1. The molecule has 1 N–H and O–H groups in total. The lowest BCUT2D eigenvalue weighted by Crippen LogP contribution is -2.32. The number of hydrogen-bond acceptors (Lipinski definition) is 4. The van der Waals surface area contributed by atoms with E-state index >= 15 is 0 Å². The van der Waals surface area contributed by atoms with Crippen molar-refractivity contribution in [1.82, 2.24) is 15.3 Å². The molecule has 0 aliphatic heterocycles. The second-order valence-electron chi connectivity index (χ2n) is 6.46. The molecule has 1 aromatic heterocycles. The Hall–Kier alpha value is -2.71. The molecular formula is C17H17F4N3O2. The number of aromatic nitrogens is 2. The molecule has 9 heteroatoms. The third-order valence-electron chi connectivity index (χ3n) is 3.08. The lowest BCUT2D eigenvalue weighted by molar-refractivity contribution is -0.144. The van der Waals surface area contributed by atoms with Crippen LogP contribution in [-0.2, 0) is 17.5 Å². The van der Waals surface area contributed by atoms with Gasteiger partial charge in [0.15, 0.2) is 0 Å². The van der Waals surface area contributed by atoms with Gasteiger partial charge in [-0.3, -0.25) is 0 Å². The van der Waals surface area contributed by atoms with Gasteiger partial charge < -0.3 is 10.1 Å². The Labute approximate surface area is 147 Å². The maximum atomic E-state index is 14.0. The van der Waals surface area contributed by atoms with Crippen LogP contribution in [0.3, 0.4) is 0 Å². The molecule has 0 spiro atoms. The zero-order valence-electron chi connectivity index (χ0n) is 14.3. The van der Waals surface area contributed by atoms with E-state index in [9.17, 15) is 22.4 Å². The van der Waals surface area contributed by atoms with E-state index in [0.717, 1.165) is 18.5 Å². The smallest absolute Gasteiger partial charge is 0.444 e. The van der Waals surface area contributed by atoms with Crippen molar-refractivity contribution >= 4 is 6.09 Å². The summed E-state index contributed by atoms with van der Waals surface area (Å²) >= 11 is 0. The minimum absolute atomic E-state index is 0.0298. The number of hydrogen-bond donors (Lipinski definition) is 1. The molecule has 0 fully saturated rings. The first-order valence-corrected chi connectivity index (χ1v) is 7.60. The molecule has 0 unspecified atom stereocenters. The van der Waals surface area contributed by atoms with Gasteiger partial charge in [-0.05, 0) is 38.5 Å². The quantitative estimate of drug-likeness (QED) is 0.816. The van der Waals surface area contributed by atoms with Crippen LogP contribution in [0, 0.1) is 5.82 Å². The highest BCUT2D eigenvalue weighted by molar-refractivity contribution is 5.68. The maximum Gasteiger partial charge on any atom is 0.451 e. The number of ether oxygens (including phenoxy) is 1. The summed E-state index contributed by atoms with van der Waals surface area (Å²) in [6.45, 7) is 5.21. The molecular weight excluding hydrogens is 354 g/mol. The van der Waals surface area contributed by atoms with E-state index < -0.39 is 29.5 Å². The minimum Gasteiger partial charge on any atom is -0.444 e. The largest absolute Gasteiger partial charge is 0.451 e. The fourth-order valence-electron chi connectivity index (χ4n) is 2.01. The number of amides is 1. The van der Waals surface area contributed by atoms with Crippen molar-refractivity contribution in [1.29, 1.82) is 0 Å². The minimum atomic E-state index is -4.67. The Balaban J connectivity index is 2.16. The molecule has 0 radical (unpaired) electrons. The molecule has 0 saturated carbocycles. The first-order chi connectivity index (χ1) is 12.0. The first kappa shape index (κ1) is 19.6. The molecule has 0 atom stereocenters. The highest BCUT2D eigenvalue weighted by atomic mass is 19.4. The van der Waals surface area contributed by atoms with Crippen molar-refractivity contribution in [3.05, 3.63) is 47.8 Å². The molecule has 26 heavy (non-hydrogen) atoms. The van der Waals surface area contributed by atoms with Crippen LogP contribution in [-0.4, -0.2) is 21.7 Å². The standard InChI is InChI=1S/C17H17F4N3O2/c1-16(2,3)26-15(25)24-7-10-4-5-13(18)12(6-10)11-8-22-14(23-9-11)17(19,20)21/h4-6,8-9H,7H2,1-3H3,(H,24,25). The van der Waals surface area contributed by atoms with Crippen LogP contribution in [0.4, 0.5) is 22.4 Å². The maximum absolute atomic E-state index is 14.0. The molecule has 0 saturated heterocycles. The molecule has 1 heterocycles. The van der Waals surface area contributed by atoms with Crippen LogP contribution in [0.15, 0.2) is 30.6 Å². The van der Waals surface area contributed by atoms with Gasteiger partial charge in [-0.2, -0.15) is 13.2 Å². The summed E-state index contributed by atoms with van der Waals surface area (Å²) in [6, 6.07) is 4.00. The number of nitrogens with one attached hydrogen (secondary N) is 1. The van der Waals surface area contributed by atoms with Crippen molar-refractivity contribution < 1.29 is 27.1 Å². The van der Waals surface area contributed by atoms with Crippen LogP contribution >= 0.6 is 0 Å². The van der Waals surface area contributed by atoms with Crippen LogP contribution in [0.25, 0.3) is 11.1 Å². The molecule has 1 aromatic carbocycles. The van der Waals surface area contributed by atoms with Crippen LogP contribution < -0.4 is 5.32 Å². The third kappa shape index (κ3) is 5.40. The highest BCUT2D eigenvalue weighted by Crippen LogP contribution is 2.28. The van der Waals surface area contributed by atoms with Gasteiger partial charge in [0.1, 0.15) is 11.4 Å². The summed E-state index contributed by atoms with van der Waals surface area (Å²) in [5.41, 5.74) is -0.000665. The van der Waals surface area contributed by atoms with Gasteiger partial charge in [0.2, 0.25) is 5.82 Å². The molecule has 5 nitrogen and oxygen atoms in total. The number of carbonyl (C=O) groups excluding carboxylic acids is 1. The number of alkyl carbamates (subject to hydrolysis) is 1. The molecule has 0 bridgehead atoms. The van der Waals surface area contributed by atoms with Gasteiger partial charge in [0.05, 0.1) is 0 Å². The Morgan fingerprint density at radius 3 is 2.31 bits per heavy atom. The predicted octanol–water partition coefficient (Wildman–Crippen LogP) is 4.33. The SMILES string of the molecule is CC(C)(C)OC(=O)NCc1ccc(F)c(-c2cnc(C(F)(F)F)nc2)c1. The van der Waals surface area contributed by atoms with Crippen molar-refractivity contribution in [3.8, 4) is 11.1 Å². The second-order valence-corrected chi connectivity index (χ2v) is 6.46. The summed E-state index contributed by atoms with van der Waals surface area (Å²) < 4.78 is 56.6. The van der Waals surface area contributed by atoms with Crippen molar-refractivity contribution in [2.75, 3.05) is 0 Å². The van der Waals surface area contributed by atoms with Gasteiger partial charge >= 0.3 is 12.3 Å². The van der Waals surface area contributed by atoms with E-state index in [0.29, 0.717) is 5.56 Å². The van der Waals surface area contributed by atoms with Crippen molar-refractivity contribution in [2.24, 2.45) is 0 Å². The fourth-order valence-corrected chi connectivity index (χ4v) is 2.01. The number of halogens is 4. The van der Waals surface area contributed by atoms with Gasteiger partial charge in [0.25, 0.3) is 0 Å². The third-order valence-corrected chi connectivity index (χ3v) is 3.08. The average molecular weight is 371 g/mol. The Morgan fingerprint density at radius 1 is 1.15 bits per heavy atom. The molecule has 1 amide bonds. The van der Waals surface area contributed by atoms with Gasteiger partial charge in [-0.1, -0.05) is 6.07 Å². The predicted molar refractivity (Wildman–Crippen MR) is 85.5 cm³/mol. The number of nitrogens with zero attached hydrogens (tertiary/aromatic N) is 2. The summed E-state index contributed by atoms with van der Waals surface area (Å²) in [6.07, 6.45) is -3.50. The Morgan fingerprint density at radius 2 is 1.77 bits per heavy atom. The molecule has 0 aliphatic carbocycles. The monoisotopic (exact) mass is 371 g/mol. The van der Waals surface area contributed by atoms with Gasteiger partial charge in [-0.25, -0.2) is 19.2 Å². The van der Waals surface area contributed by atoms with Crippen LogP contribution in [0.1, 0.15) is 32.2 Å². The Bertz CT molecular complexity index is 784. The number of benzene rings is 1. The summed E-state index contributed by atoms with van der Waals surface area (Å²) in [7, 11) is 0. The van der Waals surface area contributed by atoms with Crippen LogP contribution in [0.5, 0.6) is 0 Å². The van der Waals surface area contributed by atoms with E-state index in [4.69, 9.17) is 4.74 Å². The number of alkyl halides is 3. The first-order valence-electron chi connectivity index (χ1n) is 7.60. The molecule has 0 aliphatic rings. The van der Waals surface area contributed by atoms with E-state index in [1.165, 1.54) is 12.1 Å². The summed E-state index contributed by atoms with van der Waals surface area (Å²) in [5, 5.41) is 2.52. The zero-order valence-corrected chi connectivity index (χ0v) is 14.3. The second kappa shape index (κ2) is 7.27. The average Bonchev–Trinajstić information content (AvgIpc) is 2.52. The molecule has 2 aromatic rings. The summed E-state index contributed by atoms with van der Waals surface area (Å²) in [5.74, 6) is -1.95. The van der Waals surface area contributed by atoms with Crippen LogP contribution in [0.2, 0.25) is 0 Å². The molecule has 2 rings (SSSR count). The lowest BCUT2D eigenvalue weighted by atomic mass is 10.0. The van der Waals surface area contributed by atoms with Crippen molar-refractivity contribution in [2.45, 2.75) is 39.1 Å². The van der Waals surface area contributed by atoms with E-state index in [1.807, 2.05) is 0 Å².